The highest BCUT2D eigenvalue weighted by Crippen LogP contribution is 2.43. The van der Waals surface area contributed by atoms with Gasteiger partial charge in [0.1, 0.15) is 11.9 Å². The van der Waals surface area contributed by atoms with Crippen LogP contribution in [-0.2, 0) is 16.0 Å². The second-order valence-corrected chi connectivity index (χ2v) is 8.14. The van der Waals surface area contributed by atoms with Crippen molar-refractivity contribution in [3.8, 4) is 11.9 Å². The quantitative estimate of drug-likeness (QED) is 0.188. The summed E-state index contributed by atoms with van der Waals surface area (Å²) in [5.74, 6) is 0.795. The third kappa shape index (κ3) is 4.99. The SMILES string of the molecule is COC(OC)C1(C)Oc2ccc(Br)cc2C(NC(=NCc2ccccc2)NC#N)C1O. The molecule has 0 spiro atoms. The fraction of sp³-hybridized carbons (Fsp3) is 0.364. The van der Waals surface area contributed by atoms with E-state index in [2.05, 4.69) is 31.6 Å². The van der Waals surface area contributed by atoms with Crippen molar-refractivity contribution < 1.29 is 19.3 Å². The number of benzene rings is 2. The number of nitrogens with zero attached hydrogens (tertiary/aromatic N) is 2. The molecule has 31 heavy (non-hydrogen) atoms. The average molecular weight is 489 g/mol. The van der Waals surface area contributed by atoms with Gasteiger partial charge < -0.3 is 24.6 Å². The standard InChI is InChI=1S/C22H25BrN4O4/c1-22(20(29-2)30-3)19(28)18(16-11-15(23)9-10-17(16)31-22)27-21(26-13-24)25-12-14-7-5-4-6-8-14/h4-11,18-20,28H,12H2,1-3H3,(H2,25,26,27). The molecule has 2 aromatic rings. The topological polar surface area (TPSA) is 108 Å². The second kappa shape index (κ2) is 10.1. The summed E-state index contributed by atoms with van der Waals surface area (Å²) in [6.07, 6.45) is -0.0368. The summed E-state index contributed by atoms with van der Waals surface area (Å²) in [6, 6.07) is 14.5. The van der Waals surface area contributed by atoms with Crippen molar-refractivity contribution in [2.24, 2.45) is 4.99 Å². The molecule has 9 heteroatoms. The van der Waals surface area contributed by atoms with Gasteiger partial charge in [-0.2, -0.15) is 5.26 Å². The van der Waals surface area contributed by atoms with Crippen LogP contribution in [0.4, 0.5) is 0 Å². The molecular formula is C22H25BrN4O4. The Labute approximate surface area is 190 Å². The Kier molecular flexibility index (Phi) is 7.51. The van der Waals surface area contributed by atoms with Crippen molar-refractivity contribution >= 4 is 21.9 Å². The van der Waals surface area contributed by atoms with Crippen molar-refractivity contribution in [1.29, 1.82) is 5.26 Å². The summed E-state index contributed by atoms with van der Waals surface area (Å²) in [5, 5.41) is 26.3. The molecule has 0 bridgehead atoms. The first-order valence-corrected chi connectivity index (χ1v) is 10.4. The number of methoxy groups -OCH3 is 2. The molecule has 0 saturated heterocycles. The predicted molar refractivity (Wildman–Crippen MR) is 119 cm³/mol. The van der Waals surface area contributed by atoms with E-state index in [0.29, 0.717) is 17.9 Å². The molecule has 0 radical (unpaired) electrons. The lowest BCUT2D eigenvalue weighted by Crippen LogP contribution is -2.62. The molecule has 1 aliphatic heterocycles. The minimum absolute atomic E-state index is 0.233. The number of nitriles is 1. The molecule has 1 aliphatic rings. The number of fused-ring (bicyclic) bond motifs is 1. The first kappa shape index (κ1) is 23.0. The highest BCUT2D eigenvalue weighted by Gasteiger charge is 2.52. The lowest BCUT2D eigenvalue weighted by molar-refractivity contribution is -0.238. The molecule has 3 N–H and O–H groups in total. The van der Waals surface area contributed by atoms with Gasteiger partial charge in [0.15, 0.2) is 18.1 Å². The lowest BCUT2D eigenvalue weighted by Gasteiger charge is -2.46. The summed E-state index contributed by atoms with van der Waals surface area (Å²) < 4.78 is 17.8. The molecule has 0 aliphatic carbocycles. The van der Waals surface area contributed by atoms with Crippen LogP contribution in [0.3, 0.4) is 0 Å². The number of hydrogen-bond acceptors (Lipinski definition) is 6. The van der Waals surface area contributed by atoms with E-state index in [4.69, 9.17) is 14.2 Å². The zero-order valence-electron chi connectivity index (χ0n) is 17.5. The van der Waals surface area contributed by atoms with Crippen molar-refractivity contribution in [3.05, 3.63) is 64.1 Å². The molecule has 0 saturated carbocycles. The monoisotopic (exact) mass is 488 g/mol. The van der Waals surface area contributed by atoms with Crippen LogP contribution in [0.5, 0.6) is 5.75 Å². The minimum atomic E-state index is -1.22. The number of rotatable bonds is 6. The number of ether oxygens (including phenoxy) is 3. The fourth-order valence-electron chi connectivity index (χ4n) is 3.64. The summed E-state index contributed by atoms with van der Waals surface area (Å²) in [5.41, 5.74) is 0.470. The van der Waals surface area contributed by atoms with Crippen LogP contribution < -0.4 is 15.4 Å². The van der Waals surface area contributed by atoms with E-state index in [1.165, 1.54) is 14.2 Å². The van der Waals surface area contributed by atoms with Gasteiger partial charge in [0.2, 0.25) is 5.96 Å². The molecular weight excluding hydrogens is 464 g/mol. The number of aliphatic hydroxyl groups is 1. The van der Waals surface area contributed by atoms with E-state index < -0.39 is 24.0 Å². The lowest BCUT2D eigenvalue weighted by atomic mass is 9.84. The van der Waals surface area contributed by atoms with Crippen LogP contribution in [0, 0.1) is 11.5 Å². The molecule has 8 nitrogen and oxygen atoms in total. The molecule has 2 aromatic carbocycles. The molecule has 1 heterocycles. The Morgan fingerprint density at radius 1 is 1.29 bits per heavy atom. The van der Waals surface area contributed by atoms with Crippen molar-refractivity contribution in [1.82, 2.24) is 10.6 Å². The Balaban J connectivity index is 1.97. The summed E-state index contributed by atoms with van der Waals surface area (Å²) in [6.45, 7) is 2.08. The van der Waals surface area contributed by atoms with Gasteiger partial charge in [-0.05, 0) is 30.7 Å². The number of aliphatic hydroxyl groups excluding tert-OH is 1. The van der Waals surface area contributed by atoms with E-state index in [-0.39, 0.29) is 5.96 Å². The van der Waals surface area contributed by atoms with Gasteiger partial charge in [0.05, 0.1) is 12.6 Å². The van der Waals surface area contributed by atoms with Crippen molar-refractivity contribution in [2.45, 2.75) is 37.5 Å². The number of nitrogens with one attached hydrogen (secondary N) is 2. The van der Waals surface area contributed by atoms with Gasteiger partial charge in [0.25, 0.3) is 0 Å². The van der Waals surface area contributed by atoms with Gasteiger partial charge in [-0.3, -0.25) is 5.32 Å². The Morgan fingerprint density at radius 2 is 2.00 bits per heavy atom. The van der Waals surface area contributed by atoms with Gasteiger partial charge in [-0.1, -0.05) is 46.3 Å². The maximum Gasteiger partial charge on any atom is 0.205 e. The number of halogens is 1. The van der Waals surface area contributed by atoms with E-state index >= 15 is 0 Å². The average Bonchev–Trinajstić information content (AvgIpc) is 2.77. The zero-order chi connectivity index (χ0) is 22.4. The van der Waals surface area contributed by atoms with Crippen LogP contribution in [0.2, 0.25) is 0 Å². The van der Waals surface area contributed by atoms with E-state index in [1.54, 1.807) is 13.0 Å². The summed E-state index contributed by atoms with van der Waals surface area (Å²) in [7, 11) is 2.97. The molecule has 3 unspecified atom stereocenters. The predicted octanol–water partition coefficient (Wildman–Crippen LogP) is 2.84. The van der Waals surface area contributed by atoms with E-state index in [1.807, 2.05) is 48.7 Å². The summed E-state index contributed by atoms with van der Waals surface area (Å²) in [4.78, 5) is 4.49. The normalized spacial score (nSPS) is 22.9. The molecule has 3 atom stereocenters. The first-order chi connectivity index (χ1) is 14.9. The first-order valence-electron chi connectivity index (χ1n) is 9.65. The number of aliphatic imine (C=N–C) groups is 1. The minimum Gasteiger partial charge on any atom is -0.479 e. The van der Waals surface area contributed by atoms with Crippen molar-refractivity contribution in [2.75, 3.05) is 14.2 Å². The molecule has 0 fully saturated rings. The fourth-order valence-corrected chi connectivity index (χ4v) is 4.02. The Hall–Kier alpha value is -2.64. The van der Waals surface area contributed by atoms with E-state index in [9.17, 15) is 10.4 Å². The van der Waals surface area contributed by atoms with Gasteiger partial charge >= 0.3 is 0 Å². The van der Waals surface area contributed by atoms with Crippen LogP contribution in [-0.4, -0.2) is 43.3 Å². The molecule has 164 valence electrons. The number of hydrogen-bond donors (Lipinski definition) is 3. The molecule has 0 aromatic heterocycles. The van der Waals surface area contributed by atoms with Gasteiger partial charge in [0, 0.05) is 24.3 Å². The largest absolute Gasteiger partial charge is 0.479 e. The van der Waals surface area contributed by atoms with Crippen LogP contribution in [0.1, 0.15) is 24.1 Å². The van der Waals surface area contributed by atoms with Crippen LogP contribution in [0.25, 0.3) is 0 Å². The number of guanidine groups is 1. The Morgan fingerprint density at radius 3 is 2.65 bits per heavy atom. The van der Waals surface area contributed by atoms with Gasteiger partial charge in [-0.15, -0.1) is 0 Å². The summed E-state index contributed by atoms with van der Waals surface area (Å²) >= 11 is 3.47. The highest BCUT2D eigenvalue weighted by molar-refractivity contribution is 9.10. The molecule has 3 rings (SSSR count). The zero-order valence-corrected chi connectivity index (χ0v) is 19.1. The molecule has 0 amide bonds. The maximum atomic E-state index is 11.3. The van der Waals surface area contributed by atoms with E-state index in [0.717, 1.165) is 10.0 Å². The highest BCUT2D eigenvalue weighted by atomic mass is 79.9. The third-order valence-corrected chi connectivity index (χ3v) is 5.66. The Bertz CT molecular complexity index is 962. The van der Waals surface area contributed by atoms with Gasteiger partial charge in [-0.25, -0.2) is 4.99 Å². The smallest absolute Gasteiger partial charge is 0.205 e. The second-order valence-electron chi connectivity index (χ2n) is 7.23. The van der Waals surface area contributed by atoms with Crippen LogP contribution >= 0.6 is 15.9 Å². The van der Waals surface area contributed by atoms with Crippen molar-refractivity contribution in [3.63, 3.8) is 0 Å². The van der Waals surface area contributed by atoms with Crippen LogP contribution in [0.15, 0.2) is 58.0 Å². The third-order valence-electron chi connectivity index (χ3n) is 5.17. The maximum absolute atomic E-state index is 11.3.